The summed E-state index contributed by atoms with van der Waals surface area (Å²) in [4.78, 5) is 28.2. The van der Waals surface area contributed by atoms with Crippen LogP contribution in [-0.4, -0.2) is 32.7 Å². The first-order valence-corrected chi connectivity index (χ1v) is 7.31. The van der Waals surface area contributed by atoms with Crippen LogP contribution in [0.15, 0.2) is 18.3 Å². The van der Waals surface area contributed by atoms with Gasteiger partial charge in [-0.1, -0.05) is 11.6 Å². The molecule has 2 rings (SSSR count). The Morgan fingerprint density at radius 3 is 2.65 bits per heavy atom. The normalized spacial score (nSPS) is 11.9. The molecule has 1 N–H and O–H groups in total. The number of nitrogens with one attached hydrogen (secondary N) is 1. The summed E-state index contributed by atoms with van der Waals surface area (Å²) >= 11 is 5.87. The Bertz CT molecular complexity index is 757. The molecule has 0 saturated heterocycles. The maximum Gasteiger partial charge on any atom is 0.342 e. The molecule has 0 aliphatic rings. The lowest BCUT2D eigenvalue weighted by molar-refractivity contribution is -0.123. The standard InChI is InChI=1S/C15H17ClN4O3/c1-8-12(9(2)20(4)19-8)15(22)23-10(3)14(21)18-11-6-5-7-17-13(11)16/h5-7,10H,1-4H3,(H,18,21)/t10-/m0/s1. The largest absolute Gasteiger partial charge is 0.449 e. The van der Waals surface area contributed by atoms with Crippen molar-refractivity contribution in [2.24, 2.45) is 7.05 Å². The first-order valence-electron chi connectivity index (χ1n) is 6.93. The summed E-state index contributed by atoms with van der Waals surface area (Å²) in [6.45, 7) is 4.96. The van der Waals surface area contributed by atoms with Gasteiger partial charge in [0, 0.05) is 18.9 Å². The number of aryl methyl sites for hydroxylation is 2. The first kappa shape index (κ1) is 17.0. The lowest BCUT2D eigenvalue weighted by atomic mass is 10.2. The number of carbonyl (C=O) groups is 2. The summed E-state index contributed by atoms with van der Waals surface area (Å²) < 4.78 is 6.81. The molecule has 2 aromatic heterocycles. The third-order valence-electron chi connectivity index (χ3n) is 3.38. The molecule has 23 heavy (non-hydrogen) atoms. The van der Waals surface area contributed by atoms with Gasteiger partial charge in [0.15, 0.2) is 11.3 Å². The average molecular weight is 337 g/mol. The van der Waals surface area contributed by atoms with E-state index in [1.54, 1.807) is 37.7 Å². The highest BCUT2D eigenvalue weighted by atomic mass is 35.5. The third-order valence-corrected chi connectivity index (χ3v) is 3.68. The summed E-state index contributed by atoms with van der Waals surface area (Å²) in [6, 6.07) is 3.25. The Balaban J connectivity index is 2.06. The predicted molar refractivity (Wildman–Crippen MR) is 85.4 cm³/mol. The highest BCUT2D eigenvalue weighted by Crippen LogP contribution is 2.18. The highest BCUT2D eigenvalue weighted by Gasteiger charge is 2.24. The van der Waals surface area contributed by atoms with Crippen molar-refractivity contribution in [1.29, 1.82) is 0 Å². The molecule has 0 aliphatic heterocycles. The maximum absolute atomic E-state index is 12.2. The van der Waals surface area contributed by atoms with Crippen LogP contribution in [0.1, 0.15) is 28.7 Å². The van der Waals surface area contributed by atoms with Gasteiger partial charge in [0.1, 0.15) is 5.56 Å². The van der Waals surface area contributed by atoms with Gasteiger partial charge in [-0.2, -0.15) is 5.10 Å². The topological polar surface area (TPSA) is 86.1 Å². The summed E-state index contributed by atoms with van der Waals surface area (Å²) in [5.74, 6) is -1.08. The second kappa shape index (κ2) is 6.78. The van der Waals surface area contributed by atoms with E-state index in [9.17, 15) is 9.59 Å². The van der Waals surface area contributed by atoms with Gasteiger partial charge in [-0.25, -0.2) is 9.78 Å². The number of hydrogen-bond acceptors (Lipinski definition) is 5. The van der Waals surface area contributed by atoms with E-state index >= 15 is 0 Å². The fourth-order valence-electron chi connectivity index (χ4n) is 2.06. The molecule has 0 aromatic carbocycles. The molecule has 0 aliphatic carbocycles. The molecule has 0 saturated carbocycles. The Hall–Kier alpha value is -2.41. The van der Waals surface area contributed by atoms with Crippen molar-refractivity contribution in [3.63, 3.8) is 0 Å². The molecular formula is C15H17ClN4O3. The molecule has 0 bridgehead atoms. The fourth-order valence-corrected chi connectivity index (χ4v) is 2.22. The predicted octanol–water partition coefficient (Wildman–Crippen LogP) is 2.27. The number of carbonyl (C=O) groups excluding carboxylic acids is 2. The van der Waals surface area contributed by atoms with E-state index in [4.69, 9.17) is 16.3 Å². The maximum atomic E-state index is 12.2. The summed E-state index contributed by atoms with van der Waals surface area (Å²) in [5, 5.41) is 6.89. The molecule has 122 valence electrons. The van der Waals surface area contributed by atoms with Gasteiger partial charge in [0.25, 0.3) is 5.91 Å². The van der Waals surface area contributed by atoms with Crippen LogP contribution in [0.3, 0.4) is 0 Å². The van der Waals surface area contributed by atoms with Crippen molar-refractivity contribution in [3.05, 3.63) is 40.4 Å². The summed E-state index contributed by atoms with van der Waals surface area (Å²) in [6.07, 6.45) is 0.521. The van der Waals surface area contributed by atoms with Crippen LogP contribution in [-0.2, 0) is 16.6 Å². The number of hydrogen-bond donors (Lipinski definition) is 1. The molecule has 1 atom stereocenters. The molecule has 1 amide bonds. The lowest BCUT2D eigenvalue weighted by Crippen LogP contribution is -2.30. The molecule has 0 spiro atoms. The van der Waals surface area contributed by atoms with Gasteiger partial charge in [-0.15, -0.1) is 0 Å². The number of halogens is 1. The molecule has 0 unspecified atom stereocenters. The minimum atomic E-state index is -0.988. The number of anilines is 1. The van der Waals surface area contributed by atoms with Gasteiger partial charge < -0.3 is 10.1 Å². The van der Waals surface area contributed by atoms with Crippen molar-refractivity contribution >= 4 is 29.2 Å². The van der Waals surface area contributed by atoms with Gasteiger partial charge in [-0.05, 0) is 32.9 Å². The van der Waals surface area contributed by atoms with E-state index in [2.05, 4.69) is 15.4 Å². The molecule has 0 fully saturated rings. The number of pyridine rings is 1. The van der Waals surface area contributed by atoms with Crippen LogP contribution < -0.4 is 5.32 Å². The van der Waals surface area contributed by atoms with E-state index in [0.29, 0.717) is 22.6 Å². The van der Waals surface area contributed by atoms with Crippen molar-refractivity contribution in [2.45, 2.75) is 26.9 Å². The number of amides is 1. The van der Waals surface area contributed by atoms with Crippen molar-refractivity contribution in [3.8, 4) is 0 Å². The van der Waals surface area contributed by atoms with Crippen LogP contribution >= 0.6 is 11.6 Å². The Kier molecular flexibility index (Phi) is 5.00. The number of nitrogens with zero attached hydrogens (tertiary/aromatic N) is 3. The zero-order chi connectivity index (χ0) is 17.1. The van der Waals surface area contributed by atoms with E-state index in [1.807, 2.05) is 0 Å². The zero-order valence-electron chi connectivity index (χ0n) is 13.3. The van der Waals surface area contributed by atoms with Crippen LogP contribution in [0.5, 0.6) is 0 Å². The first-order chi connectivity index (χ1) is 10.8. The van der Waals surface area contributed by atoms with Gasteiger partial charge >= 0.3 is 5.97 Å². The molecule has 7 nitrogen and oxygen atoms in total. The van der Waals surface area contributed by atoms with E-state index in [0.717, 1.165) is 0 Å². The van der Waals surface area contributed by atoms with Gasteiger partial charge in [0.2, 0.25) is 0 Å². The van der Waals surface area contributed by atoms with Gasteiger partial charge in [-0.3, -0.25) is 9.48 Å². The van der Waals surface area contributed by atoms with Crippen molar-refractivity contribution in [2.75, 3.05) is 5.32 Å². The average Bonchev–Trinajstić information content (AvgIpc) is 2.74. The second-order valence-corrected chi connectivity index (χ2v) is 5.41. The molecule has 8 heteroatoms. The summed E-state index contributed by atoms with van der Waals surface area (Å²) in [5.41, 5.74) is 1.95. The van der Waals surface area contributed by atoms with Crippen molar-refractivity contribution in [1.82, 2.24) is 14.8 Å². The SMILES string of the molecule is Cc1nn(C)c(C)c1C(=O)O[C@@H](C)C(=O)Nc1cccnc1Cl. The quantitative estimate of drug-likeness (QED) is 0.683. The van der Waals surface area contributed by atoms with E-state index < -0.39 is 18.0 Å². The number of ether oxygens (including phenoxy) is 1. The molecule has 0 radical (unpaired) electrons. The Morgan fingerprint density at radius 1 is 1.39 bits per heavy atom. The van der Waals surface area contributed by atoms with E-state index in [1.165, 1.54) is 13.1 Å². The van der Waals surface area contributed by atoms with Crippen LogP contribution in [0.2, 0.25) is 5.15 Å². The highest BCUT2D eigenvalue weighted by molar-refractivity contribution is 6.32. The number of aromatic nitrogens is 3. The monoisotopic (exact) mass is 336 g/mol. The van der Waals surface area contributed by atoms with E-state index in [-0.39, 0.29) is 5.15 Å². The second-order valence-electron chi connectivity index (χ2n) is 5.05. The Morgan fingerprint density at radius 2 is 2.09 bits per heavy atom. The molecule has 2 aromatic rings. The molecular weight excluding hydrogens is 320 g/mol. The van der Waals surface area contributed by atoms with Crippen molar-refractivity contribution < 1.29 is 14.3 Å². The van der Waals surface area contributed by atoms with Crippen LogP contribution in [0.25, 0.3) is 0 Å². The number of rotatable bonds is 4. The lowest BCUT2D eigenvalue weighted by Gasteiger charge is -2.14. The summed E-state index contributed by atoms with van der Waals surface area (Å²) in [7, 11) is 1.74. The van der Waals surface area contributed by atoms with Crippen LogP contribution in [0, 0.1) is 13.8 Å². The number of esters is 1. The fraction of sp³-hybridized carbons (Fsp3) is 0.333. The minimum Gasteiger partial charge on any atom is -0.449 e. The Labute approximate surface area is 138 Å². The van der Waals surface area contributed by atoms with Gasteiger partial charge in [0.05, 0.1) is 11.4 Å². The zero-order valence-corrected chi connectivity index (χ0v) is 14.0. The minimum absolute atomic E-state index is 0.165. The van der Waals surface area contributed by atoms with Crippen LogP contribution in [0.4, 0.5) is 5.69 Å². The smallest absolute Gasteiger partial charge is 0.342 e. The molecule has 2 heterocycles. The third kappa shape index (κ3) is 3.68.